The molecule has 0 aromatic carbocycles. The van der Waals surface area contributed by atoms with E-state index in [1.807, 2.05) is 0 Å². The summed E-state index contributed by atoms with van der Waals surface area (Å²) in [4.78, 5) is 25.5. The number of aromatic nitrogens is 3. The van der Waals surface area contributed by atoms with E-state index in [0.29, 0.717) is 10.6 Å². The van der Waals surface area contributed by atoms with Crippen LogP contribution in [0.5, 0.6) is 0 Å². The number of methoxy groups -OCH3 is 1. The summed E-state index contributed by atoms with van der Waals surface area (Å²) >= 11 is 2.17. The summed E-state index contributed by atoms with van der Waals surface area (Å²) in [7, 11) is 2.47. The molecule has 0 spiro atoms. The minimum absolute atomic E-state index is 0.0267. The Morgan fingerprint density at radius 3 is 2.64 bits per heavy atom. The van der Waals surface area contributed by atoms with Gasteiger partial charge in [0.1, 0.15) is 5.00 Å². The van der Waals surface area contributed by atoms with Gasteiger partial charge in [-0.25, -0.2) is 4.79 Å². The van der Waals surface area contributed by atoms with Crippen LogP contribution >= 0.6 is 23.1 Å². The van der Waals surface area contributed by atoms with Crippen LogP contribution in [0.4, 0.5) is 18.2 Å². The molecule has 2 heterocycles. The van der Waals surface area contributed by atoms with Crippen molar-refractivity contribution < 1.29 is 27.5 Å². The fraction of sp³-hybridized carbons (Fsp3) is 0.500. The average molecular weight is 434 g/mol. The van der Waals surface area contributed by atoms with Crippen molar-refractivity contribution in [2.45, 2.75) is 37.0 Å². The first-order valence-electron chi connectivity index (χ1n) is 8.34. The highest BCUT2D eigenvalue weighted by molar-refractivity contribution is 7.99. The number of hydrogen-bond donors (Lipinski definition) is 1. The number of nitrogens with one attached hydrogen (secondary N) is 1. The largest absolute Gasteiger partial charge is 0.465 e. The molecule has 1 aliphatic rings. The number of carbonyl (C=O) groups excluding carboxylic acids is 2. The van der Waals surface area contributed by atoms with Crippen molar-refractivity contribution in [2.24, 2.45) is 7.05 Å². The number of thiophene rings is 1. The maximum absolute atomic E-state index is 12.8. The van der Waals surface area contributed by atoms with E-state index < -0.39 is 23.9 Å². The average Bonchev–Trinajstić information content (AvgIpc) is 3.19. The third-order valence-electron chi connectivity index (χ3n) is 4.23. The third kappa shape index (κ3) is 4.17. The number of esters is 1. The number of alkyl halides is 3. The van der Waals surface area contributed by atoms with Gasteiger partial charge in [-0.15, -0.1) is 21.5 Å². The Hall–Kier alpha value is -2.08. The Balaban J connectivity index is 1.71. The Morgan fingerprint density at radius 1 is 1.29 bits per heavy atom. The minimum atomic E-state index is -4.62. The maximum atomic E-state index is 12.8. The summed E-state index contributed by atoms with van der Waals surface area (Å²) in [6.07, 6.45) is -1.04. The van der Waals surface area contributed by atoms with Gasteiger partial charge in [0.2, 0.25) is 11.7 Å². The number of carbonyl (C=O) groups is 2. The van der Waals surface area contributed by atoms with Gasteiger partial charge in [0.15, 0.2) is 5.16 Å². The molecule has 152 valence electrons. The molecule has 0 saturated carbocycles. The molecule has 7 nitrogen and oxygen atoms in total. The van der Waals surface area contributed by atoms with E-state index in [1.54, 1.807) is 0 Å². The summed E-state index contributed by atoms with van der Waals surface area (Å²) in [6, 6.07) is 0. The lowest BCUT2D eigenvalue weighted by Crippen LogP contribution is -2.17. The van der Waals surface area contributed by atoms with E-state index >= 15 is 0 Å². The fourth-order valence-corrected chi connectivity index (χ4v) is 4.96. The maximum Gasteiger partial charge on any atom is 0.451 e. The van der Waals surface area contributed by atoms with E-state index in [2.05, 4.69) is 15.5 Å². The van der Waals surface area contributed by atoms with Gasteiger partial charge in [-0.2, -0.15) is 13.2 Å². The smallest absolute Gasteiger partial charge is 0.451 e. The van der Waals surface area contributed by atoms with E-state index in [0.717, 1.165) is 52.5 Å². The molecule has 1 N–H and O–H groups in total. The van der Waals surface area contributed by atoms with Crippen molar-refractivity contribution in [2.75, 3.05) is 18.2 Å². The predicted molar refractivity (Wildman–Crippen MR) is 97.7 cm³/mol. The lowest BCUT2D eigenvalue weighted by Gasteiger charge is -2.11. The molecule has 0 bridgehead atoms. The molecule has 2 aromatic heterocycles. The van der Waals surface area contributed by atoms with Crippen LogP contribution in [0.2, 0.25) is 0 Å². The summed E-state index contributed by atoms with van der Waals surface area (Å²) in [6.45, 7) is 0. The topological polar surface area (TPSA) is 86.1 Å². The summed E-state index contributed by atoms with van der Waals surface area (Å²) in [5, 5.41) is 9.67. The van der Waals surface area contributed by atoms with Crippen LogP contribution in [0.3, 0.4) is 0 Å². The van der Waals surface area contributed by atoms with E-state index in [1.165, 1.54) is 25.5 Å². The Bertz CT molecular complexity index is 908. The molecule has 1 aliphatic carbocycles. The summed E-state index contributed by atoms with van der Waals surface area (Å²) in [5.74, 6) is -2.27. The zero-order valence-corrected chi connectivity index (χ0v) is 16.7. The highest BCUT2D eigenvalue weighted by atomic mass is 32.2. The predicted octanol–water partition coefficient (Wildman–Crippen LogP) is 3.29. The second kappa shape index (κ2) is 8.11. The molecular weight excluding hydrogens is 417 g/mol. The molecule has 1 amide bonds. The van der Waals surface area contributed by atoms with Crippen molar-refractivity contribution in [3.63, 3.8) is 0 Å². The molecule has 0 fully saturated rings. The molecule has 12 heteroatoms. The summed E-state index contributed by atoms with van der Waals surface area (Å²) < 4.78 is 43.9. The number of amides is 1. The van der Waals surface area contributed by atoms with Crippen LogP contribution in [0.1, 0.15) is 39.5 Å². The third-order valence-corrected chi connectivity index (χ3v) is 6.46. The second-order valence-corrected chi connectivity index (χ2v) is 8.15. The quantitative estimate of drug-likeness (QED) is 0.574. The molecular formula is C16H17F3N4O3S2. The number of thioether (sulfide) groups is 1. The van der Waals surface area contributed by atoms with Crippen LogP contribution < -0.4 is 5.32 Å². The lowest BCUT2D eigenvalue weighted by molar-refractivity contribution is -0.147. The molecule has 0 radical (unpaired) electrons. The number of fused-ring (bicyclic) bond motifs is 1. The first kappa shape index (κ1) is 20.6. The number of nitrogens with zero attached hydrogens (tertiary/aromatic N) is 3. The van der Waals surface area contributed by atoms with E-state index in [4.69, 9.17) is 4.74 Å². The number of aryl methyl sites for hydroxylation is 1. The normalized spacial score (nSPS) is 13.9. The van der Waals surface area contributed by atoms with Gasteiger partial charge in [-0.05, 0) is 31.2 Å². The number of rotatable bonds is 5. The molecule has 3 rings (SSSR count). The standard InChI is InChI=1S/C16H17F3N4O3S2/c1-23-14(16(17,18)19)21-22-15(23)27-7-10(24)20-12-11(13(25)26-2)8-5-3-4-6-9(8)28-12/h3-7H2,1-2H3,(H,20,24). The molecule has 0 saturated heterocycles. The van der Waals surface area contributed by atoms with Crippen LogP contribution in [-0.4, -0.2) is 39.5 Å². The van der Waals surface area contributed by atoms with E-state index in [-0.39, 0.29) is 10.9 Å². The monoisotopic (exact) mass is 434 g/mol. The van der Waals surface area contributed by atoms with Crippen molar-refractivity contribution in [3.05, 3.63) is 21.8 Å². The van der Waals surface area contributed by atoms with Gasteiger partial charge in [-0.3, -0.25) is 4.79 Å². The molecule has 28 heavy (non-hydrogen) atoms. The minimum Gasteiger partial charge on any atom is -0.465 e. The first-order chi connectivity index (χ1) is 13.2. The molecule has 0 unspecified atom stereocenters. The molecule has 0 atom stereocenters. The zero-order chi connectivity index (χ0) is 20.5. The van der Waals surface area contributed by atoms with Crippen LogP contribution in [0, 0.1) is 0 Å². The fourth-order valence-electron chi connectivity index (χ4n) is 2.95. The van der Waals surface area contributed by atoms with Crippen LogP contribution in [0.25, 0.3) is 0 Å². The Kier molecular flexibility index (Phi) is 5.98. The highest BCUT2D eigenvalue weighted by Crippen LogP contribution is 2.38. The van der Waals surface area contributed by atoms with Crippen molar-refractivity contribution in [1.82, 2.24) is 14.8 Å². The zero-order valence-electron chi connectivity index (χ0n) is 15.1. The van der Waals surface area contributed by atoms with Gasteiger partial charge < -0.3 is 14.6 Å². The van der Waals surface area contributed by atoms with Gasteiger partial charge in [0, 0.05) is 11.9 Å². The second-order valence-electron chi connectivity index (χ2n) is 6.11. The van der Waals surface area contributed by atoms with Crippen molar-refractivity contribution >= 4 is 40.0 Å². The van der Waals surface area contributed by atoms with E-state index in [9.17, 15) is 22.8 Å². The van der Waals surface area contributed by atoms with Crippen molar-refractivity contribution in [3.8, 4) is 0 Å². The van der Waals surface area contributed by atoms with Gasteiger partial charge >= 0.3 is 12.1 Å². The van der Waals surface area contributed by atoms with Gasteiger partial charge in [-0.1, -0.05) is 11.8 Å². The highest BCUT2D eigenvalue weighted by Gasteiger charge is 2.37. The number of ether oxygens (including phenoxy) is 1. The van der Waals surface area contributed by atoms with Gasteiger partial charge in [0.25, 0.3) is 0 Å². The van der Waals surface area contributed by atoms with Crippen molar-refractivity contribution in [1.29, 1.82) is 0 Å². The van der Waals surface area contributed by atoms with Crippen LogP contribution in [-0.2, 0) is 35.6 Å². The molecule has 2 aromatic rings. The first-order valence-corrected chi connectivity index (χ1v) is 10.1. The molecule has 0 aliphatic heterocycles. The number of halogens is 3. The lowest BCUT2D eigenvalue weighted by atomic mass is 9.95. The SMILES string of the molecule is COC(=O)c1c(NC(=O)CSc2nnc(C(F)(F)F)n2C)sc2c1CCCC2. The van der Waals surface area contributed by atoms with Crippen LogP contribution in [0.15, 0.2) is 5.16 Å². The Morgan fingerprint density at radius 2 is 2.00 bits per heavy atom. The number of anilines is 1. The summed E-state index contributed by atoms with van der Waals surface area (Å²) in [5.41, 5.74) is 1.28. The van der Waals surface area contributed by atoms with Gasteiger partial charge in [0.05, 0.1) is 18.4 Å². The Labute approximate surface area is 166 Å². The number of hydrogen-bond acceptors (Lipinski definition) is 7.